The molecule has 0 saturated heterocycles. The fourth-order valence-corrected chi connectivity index (χ4v) is 2.36. The van der Waals surface area contributed by atoms with Gasteiger partial charge in [0.15, 0.2) is 5.82 Å². The molecule has 1 fully saturated rings. The number of anilines is 3. The second-order valence-electron chi connectivity index (χ2n) is 5.62. The number of hydrogen-bond acceptors (Lipinski definition) is 7. The van der Waals surface area contributed by atoms with E-state index in [0.29, 0.717) is 23.6 Å². The summed E-state index contributed by atoms with van der Waals surface area (Å²) < 4.78 is 5.06. The maximum atomic E-state index is 5.80. The highest BCUT2D eigenvalue weighted by molar-refractivity contribution is 5.64. The lowest BCUT2D eigenvalue weighted by molar-refractivity contribution is 0.335. The van der Waals surface area contributed by atoms with Crippen LogP contribution in [0.25, 0.3) is 0 Å². The summed E-state index contributed by atoms with van der Waals surface area (Å²) in [5.41, 5.74) is 7.34. The molecular formula is C17H20N6O. The third-order valence-electron chi connectivity index (χ3n) is 3.81. The van der Waals surface area contributed by atoms with Gasteiger partial charge in [0.1, 0.15) is 0 Å². The summed E-state index contributed by atoms with van der Waals surface area (Å²) in [7, 11) is 3.36. The molecule has 2 heterocycles. The zero-order chi connectivity index (χ0) is 16.9. The van der Waals surface area contributed by atoms with Crippen molar-refractivity contribution in [2.45, 2.75) is 18.9 Å². The van der Waals surface area contributed by atoms with E-state index < -0.39 is 0 Å². The average molecular weight is 324 g/mol. The normalized spacial score (nSPS) is 18.8. The molecule has 24 heavy (non-hydrogen) atoms. The molecule has 124 valence electrons. The maximum absolute atomic E-state index is 5.80. The van der Waals surface area contributed by atoms with Crippen LogP contribution in [0.5, 0.6) is 5.88 Å². The number of rotatable bonds is 4. The molecule has 0 bridgehead atoms. The number of nitrogens with one attached hydrogen (secondary N) is 2. The lowest BCUT2D eigenvalue weighted by atomic mass is 9.81. The number of methoxy groups -OCH3 is 1. The summed E-state index contributed by atoms with van der Waals surface area (Å²) in [6.45, 7) is 0. The SMILES string of the molecule is CNc1ncc(C#C[C@H]2C[C@@H](N)C2)c(Nc2ccc(OC)nc2)n1. The van der Waals surface area contributed by atoms with Gasteiger partial charge in [-0.15, -0.1) is 0 Å². The first kappa shape index (κ1) is 16.0. The first-order valence-corrected chi connectivity index (χ1v) is 7.77. The molecule has 1 aliphatic carbocycles. The van der Waals surface area contributed by atoms with Crippen molar-refractivity contribution < 1.29 is 4.74 Å². The Labute approximate surface area is 141 Å². The summed E-state index contributed by atoms with van der Waals surface area (Å²) in [4.78, 5) is 12.9. The van der Waals surface area contributed by atoms with E-state index in [-0.39, 0.29) is 6.04 Å². The first-order valence-electron chi connectivity index (χ1n) is 7.77. The van der Waals surface area contributed by atoms with Gasteiger partial charge in [-0.05, 0) is 18.9 Å². The second kappa shape index (κ2) is 7.15. The molecule has 0 spiro atoms. The third kappa shape index (κ3) is 3.73. The standard InChI is InChI=1S/C17H20N6O/c1-19-17-21-9-12(4-3-11-7-13(18)8-11)16(23-17)22-14-5-6-15(24-2)20-10-14/h5-6,9-11,13H,7-8,18H2,1-2H3,(H2,19,21,22,23)/t11-,13+. The molecule has 0 amide bonds. The Morgan fingerprint density at radius 1 is 1.25 bits per heavy atom. The van der Waals surface area contributed by atoms with E-state index in [0.717, 1.165) is 24.1 Å². The van der Waals surface area contributed by atoms with Crippen LogP contribution in [-0.2, 0) is 0 Å². The molecule has 0 radical (unpaired) electrons. The predicted octanol–water partition coefficient (Wildman–Crippen LogP) is 1.75. The van der Waals surface area contributed by atoms with Crippen molar-refractivity contribution in [3.63, 3.8) is 0 Å². The van der Waals surface area contributed by atoms with Gasteiger partial charge in [-0.25, -0.2) is 9.97 Å². The number of pyridine rings is 1. The zero-order valence-corrected chi connectivity index (χ0v) is 13.7. The lowest BCUT2D eigenvalue weighted by Gasteiger charge is -2.27. The monoisotopic (exact) mass is 324 g/mol. The maximum Gasteiger partial charge on any atom is 0.224 e. The van der Waals surface area contributed by atoms with E-state index in [1.807, 2.05) is 6.07 Å². The second-order valence-corrected chi connectivity index (χ2v) is 5.62. The van der Waals surface area contributed by atoms with Crippen LogP contribution in [0.15, 0.2) is 24.5 Å². The molecule has 1 saturated carbocycles. The van der Waals surface area contributed by atoms with Crippen molar-refractivity contribution in [1.29, 1.82) is 0 Å². The van der Waals surface area contributed by atoms with Gasteiger partial charge in [-0.1, -0.05) is 11.8 Å². The molecule has 2 aromatic heterocycles. The van der Waals surface area contributed by atoms with Gasteiger partial charge in [0.05, 0.1) is 30.8 Å². The van der Waals surface area contributed by atoms with E-state index in [9.17, 15) is 0 Å². The van der Waals surface area contributed by atoms with E-state index in [1.165, 1.54) is 0 Å². The molecule has 2 aromatic rings. The van der Waals surface area contributed by atoms with Gasteiger partial charge in [0, 0.05) is 25.1 Å². The molecule has 7 nitrogen and oxygen atoms in total. The molecule has 4 N–H and O–H groups in total. The Kier molecular flexibility index (Phi) is 4.77. The van der Waals surface area contributed by atoms with Crippen LogP contribution >= 0.6 is 0 Å². The van der Waals surface area contributed by atoms with Gasteiger partial charge >= 0.3 is 0 Å². The van der Waals surface area contributed by atoms with Crippen LogP contribution in [0.2, 0.25) is 0 Å². The molecule has 7 heteroatoms. The summed E-state index contributed by atoms with van der Waals surface area (Å²) in [5, 5.41) is 6.16. The van der Waals surface area contributed by atoms with E-state index >= 15 is 0 Å². The van der Waals surface area contributed by atoms with Crippen molar-refractivity contribution in [2.75, 3.05) is 24.8 Å². The Bertz CT molecular complexity index is 759. The van der Waals surface area contributed by atoms with Crippen molar-refractivity contribution in [1.82, 2.24) is 15.0 Å². The topological polar surface area (TPSA) is 98.0 Å². The van der Waals surface area contributed by atoms with Crippen molar-refractivity contribution in [2.24, 2.45) is 11.7 Å². The minimum atomic E-state index is 0.287. The van der Waals surface area contributed by atoms with Gasteiger partial charge in [-0.3, -0.25) is 0 Å². The summed E-state index contributed by atoms with van der Waals surface area (Å²) in [5.74, 6) is 8.48. The van der Waals surface area contributed by atoms with E-state index in [4.69, 9.17) is 10.5 Å². The van der Waals surface area contributed by atoms with Crippen LogP contribution in [0.4, 0.5) is 17.5 Å². The van der Waals surface area contributed by atoms with Crippen LogP contribution < -0.4 is 21.1 Å². The van der Waals surface area contributed by atoms with Gasteiger partial charge < -0.3 is 21.1 Å². The summed E-state index contributed by atoms with van der Waals surface area (Å²) in [6.07, 6.45) is 5.30. The minimum Gasteiger partial charge on any atom is -0.481 e. The number of aromatic nitrogens is 3. The largest absolute Gasteiger partial charge is 0.481 e. The van der Waals surface area contributed by atoms with Gasteiger partial charge in [0.2, 0.25) is 11.8 Å². The fourth-order valence-electron chi connectivity index (χ4n) is 2.36. The Balaban J connectivity index is 1.83. The van der Waals surface area contributed by atoms with Crippen LogP contribution in [0.3, 0.4) is 0 Å². The third-order valence-corrected chi connectivity index (χ3v) is 3.81. The average Bonchev–Trinajstić information content (AvgIpc) is 2.59. The molecular weight excluding hydrogens is 304 g/mol. The lowest BCUT2D eigenvalue weighted by Crippen LogP contribution is -2.35. The van der Waals surface area contributed by atoms with E-state index in [1.54, 1.807) is 32.6 Å². The fraction of sp³-hybridized carbons (Fsp3) is 0.353. The molecule has 0 aliphatic heterocycles. The first-order chi connectivity index (χ1) is 11.7. The molecule has 3 rings (SSSR count). The van der Waals surface area contributed by atoms with Crippen molar-refractivity contribution >= 4 is 17.5 Å². The van der Waals surface area contributed by atoms with Crippen molar-refractivity contribution in [3.8, 4) is 17.7 Å². The molecule has 0 atom stereocenters. The van der Waals surface area contributed by atoms with Gasteiger partial charge in [0.25, 0.3) is 0 Å². The quantitative estimate of drug-likeness (QED) is 0.737. The molecule has 0 unspecified atom stereocenters. The van der Waals surface area contributed by atoms with E-state index in [2.05, 4.69) is 37.4 Å². The highest BCUT2D eigenvalue weighted by Crippen LogP contribution is 2.25. The molecule has 0 aromatic carbocycles. The smallest absolute Gasteiger partial charge is 0.224 e. The van der Waals surface area contributed by atoms with Crippen molar-refractivity contribution in [3.05, 3.63) is 30.1 Å². The summed E-state index contributed by atoms with van der Waals surface area (Å²) in [6, 6.07) is 3.94. The zero-order valence-electron chi connectivity index (χ0n) is 13.7. The number of nitrogens with two attached hydrogens (primary N) is 1. The number of ether oxygens (including phenoxy) is 1. The summed E-state index contributed by atoms with van der Waals surface area (Å²) >= 11 is 0. The van der Waals surface area contributed by atoms with Crippen LogP contribution in [0.1, 0.15) is 18.4 Å². The van der Waals surface area contributed by atoms with Crippen LogP contribution in [0, 0.1) is 17.8 Å². The predicted molar refractivity (Wildman–Crippen MR) is 93.2 cm³/mol. The Hall–Kier alpha value is -2.85. The highest BCUT2D eigenvalue weighted by Gasteiger charge is 2.23. The molecule has 1 aliphatic rings. The Morgan fingerprint density at radius 2 is 2.08 bits per heavy atom. The Morgan fingerprint density at radius 3 is 2.71 bits per heavy atom. The van der Waals surface area contributed by atoms with Gasteiger partial charge in [-0.2, -0.15) is 4.98 Å². The number of hydrogen-bond donors (Lipinski definition) is 3. The number of nitrogens with zero attached hydrogens (tertiary/aromatic N) is 3. The minimum absolute atomic E-state index is 0.287. The highest BCUT2D eigenvalue weighted by atomic mass is 16.5. The van der Waals surface area contributed by atoms with Crippen LogP contribution in [-0.4, -0.2) is 35.2 Å².